The van der Waals surface area contributed by atoms with E-state index in [0.29, 0.717) is 6.04 Å². The molecule has 0 aliphatic heterocycles. The predicted molar refractivity (Wildman–Crippen MR) is 68.1 cm³/mol. The Morgan fingerprint density at radius 1 is 0.941 bits per heavy atom. The molecule has 2 aliphatic carbocycles. The fraction of sp³-hybridized carbons (Fsp3) is 0.929. The number of carboxylic acids is 1. The van der Waals surface area contributed by atoms with Gasteiger partial charge in [-0.15, -0.1) is 0 Å². The molecule has 2 fully saturated rings. The molecule has 2 rings (SSSR count). The topological polar surface area (TPSA) is 49.3 Å². The molecular formula is C14H25NO2. The summed E-state index contributed by atoms with van der Waals surface area (Å²) >= 11 is 0. The van der Waals surface area contributed by atoms with Crippen molar-refractivity contribution in [1.82, 2.24) is 5.32 Å². The Hall–Kier alpha value is -0.570. The highest BCUT2D eigenvalue weighted by Crippen LogP contribution is 2.30. The van der Waals surface area contributed by atoms with Crippen LogP contribution in [0.5, 0.6) is 0 Å². The molecule has 0 aromatic heterocycles. The van der Waals surface area contributed by atoms with Gasteiger partial charge >= 0.3 is 5.97 Å². The number of carbonyl (C=O) groups is 1. The van der Waals surface area contributed by atoms with Gasteiger partial charge in [-0.05, 0) is 25.7 Å². The Morgan fingerprint density at radius 3 is 2.00 bits per heavy atom. The van der Waals surface area contributed by atoms with Crippen LogP contribution >= 0.6 is 0 Å². The minimum absolute atomic E-state index is 0.450. The van der Waals surface area contributed by atoms with E-state index in [9.17, 15) is 9.90 Å². The third kappa shape index (κ3) is 3.21. The van der Waals surface area contributed by atoms with Crippen LogP contribution in [-0.4, -0.2) is 22.7 Å². The zero-order chi connectivity index (χ0) is 12.1. The average molecular weight is 239 g/mol. The Bertz CT molecular complexity index is 251. The lowest BCUT2D eigenvalue weighted by molar-refractivity contribution is -0.146. The van der Waals surface area contributed by atoms with E-state index in [4.69, 9.17) is 0 Å². The monoisotopic (exact) mass is 239 g/mol. The highest BCUT2D eigenvalue weighted by molar-refractivity contribution is 5.78. The number of carboxylic acid groups (broad SMARTS) is 1. The summed E-state index contributed by atoms with van der Waals surface area (Å²) in [6.07, 6.45) is 12.3. The van der Waals surface area contributed by atoms with Gasteiger partial charge in [0.15, 0.2) is 0 Å². The van der Waals surface area contributed by atoms with Crippen LogP contribution in [0, 0.1) is 0 Å². The lowest BCUT2D eigenvalue weighted by Crippen LogP contribution is -2.55. The van der Waals surface area contributed by atoms with Crippen molar-refractivity contribution in [2.24, 2.45) is 0 Å². The first-order valence-corrected chi connectivity index (χ1v) is 7.24. The van der Waals surface area contributed by atoms with E-state index in [2.05, 4.69) is 5.32 Å². The van der Waals surface area contributed by atoms with Crippen molar-refractivity contribution in [3.8, 4) is 0 Å². The molecule has 0 aromatic carbocycles. The highest BCUT2D eigenvalue weighted by atomic mass is 16.4. The predicted octanol–water partition coefficient (Wildman–Crippen LogP) is 3.09. The molecule has 2 N–H and O–H groups in total. The molecule has 0 amide bonds. The van der Waals surface area contributed by atoms with Crippen LogP contribution in [-0.2, 0) is 4.79 Å². The Labute approximate surface area is 104 Å². The molecule has 0 unspecified atom stereocenters. The SMILES string of the molecule is O=C(O)C1(NC2CCCC2)CCCCCCC1. The lowest BCUT2D eigenvalue weighted by Gasteiger charge is -2.35. The van der Waals surface area contributed by atoms with Crippen LogP contribution in [0.25, 0.3) is 0 Å². The van der Waals surface area contributed by atoms with Gasteiger partial charge in [0.05, 0.1) is 0 Å². The van der Waals surface area contributed by atoms with Gasteiger partial charge in [-0.25, -0.2) is 0 Å². The van der Waals surface area contributed by atoms with Crippen LogP contribution in [0.15, 0.2) is 0 Å². The second kappa shape index (κ2) is 5.85. The fourth-order valence-electron chi connectivity index (χ4n) is 3.39. The first-order valence-electron chi connectivity index (χ1n) is 7.24. The maximum absolute atomic E-state index is 11.7. The molecule has 0 bridgehead atoms. The van der Waals surface area contributed by atoms with Gasteiger partial charge in [-0.1, -0.05) is 44.9 Å². The molecule has 2 saturated carbocycles. The summed E-state index contributed by atoms with van der Waals surface area (Å²) in [5.41, 5.74) is -0.616. The number of aliphatic carboxylic acids is 1. The molecule has 3 heteroatoms. The standard InChI is InChI=1S/C14H25NO2/c16-13(17)14(15-12-8-4-5-9-12)10-6-2-1-3-7-11-14/h12,15H,1-11H2,(H,16,17). The van der Waals surface area contributed by atoms with Crippen LogP contribution in [0.1, 0.15) is 70.6 Å². The van der Waals surface area contributed by atoms with Crippen molar-refractivity contribution >= 4 is 5.97 Å². The van der Waals surface area contributed by atoms with Crippen molar-refractivity contribution in [2.45, 2.75) is 82.2 Å². The fourth-order valence-corrected chi connectivity index (χ4v) is 3.39. The van der Waals surface area contributed by atoms with Gasteiger partial charge in [0.2, 0.25) is 0 Å². The summed E-state index contributed by atoms with van der Waals surface area (Å²) in [5.74, 6) is -0.619. The molecule has 0 heterocycles. The second-order valence-electron chi connectivity index (χ2n) is 5.78. The molecule has 0 radical (unpaired) electrons. The molecule has 0 spiro atoms. The third-order valence-corrected chi connectivity index (χ3v) is 4.45. The Morgan fingerprint density at radius 2 is 1.47 bits per heavy atom. The smallest absolute Gasteiger partial charge is 0.323 e. The lowest BCUT2D eigenvalue weighted by atomic mass is 9.83. The van der Waals surface area contributed by atoms with Crippen LogP contribution in [0.3, 0.4) is 0 Å². The Kier molecular flexibility index (Phi) is 4.43. The third-order valence-electron chi connectivity index (χ3n) is 4.45. The van der Waals surface area contributed by atoms with Gasteiger partial charge in [-0.2, -0.15) is 0 Å². The highest BCUT2D eigenvalue weighted by Gasteiger charge is 2.39. The number of nitrogens with one attached hydrogen (secondary N) is 1. The van der Waals surface area contributed by atoms with Gasteiger partial charge in [0, 0.05) is 6.04 Å². The number of rotatable bonds is 3. The van der Waals surface area contributed by atoms with Gasteiger partial charge in [0.1, 0.15) is 5.54 Å². The molecule has 17 heavy (non-hydrogen) atoms. The molecule has 3 nitrogen and oxygen atoms in total. The van der Waals surface area contributed by atoms with Gasteiger partial charge in [0.25, 0.3) is 0 Å². The van der Waals surface area contributed by atoms with Gasteiger partial charge in [-0.3, -0.25) is 10.1 Å². The molecule has 98 valence electrons. The average Bonchev–Trinajstić information content (AvgIpc) is 2.74. The first kappa shape index (κ1) is 12.9. The summed E-state index contributed by atoms with van der Waals surface area (Å²) in [6, 6.07) is 0.450. The molecule has 0 atom stereocenters. The summed E-state index contributed by atoms with van der Waals surface area (Å²) in [7, 11) is 0. The van der Waals surface area contributed by atoms with E-state index < -0.39 is 11.5 Å². The summed E-state index contributed by atoms with van der Waals surface area (Å²) in [4.78, 5) is 11.7. The molecular weight excluding hydrogens is 214 g/mol. The maximum Gasteiger partial charge on any atom is 0.323 e. The summed E-state index contributed by atoms with van der Waals surface area (Å²) < 4.78 is 0. The minimum Gasteiger partial charge on any atom is -0.480 e. The van der Waals surface area contributed by atoms with Crippen molar-refractivity contribution in [3.63, 3.8) is 0 Å². The minimum atomic E-state index is -0.619. The van der Waals surface area contributed by atoms with Crippen molar-refractivity contribution in [2.75, 3.05) is 0 Å². The largest absolute Gasteiger partial charge is 0.480 e. The van der Waals surface area contributed by atoms with E-state index in [1.54, 1.807) is 0 Å². The maximum atomic E-state index is 11.7. The molecule has 2 aliphatic rings. The molecule has 0 aromatic rings. The summed E-state index contributed by atoms with van der Waals surface area (Å²) in [5, 5.41) is 13.1. The van der Waals surface area contributed by atoms with E-state index >= 15 is 0 Å². The first-order chi connectivity index (χ1) is 8.23. The Balaban J connectivity index is 2.02. The zero-order valence-corrected chi connectivity index (χ0v) is 10.7. The zero-order valence-electron chi connectivity index (χ0n) is 10.7. The van der Waals surface area contributed by atoms with Crippen LogP contribution < -0.4 is 5.32 Å². The van der Waals surface area contributed by atoms with E-state index in [-0.39, 0.29) is 0 Å². The van der Waals surface area contributed by atoms with Crippen molar-refractivity contribution < 1.29 is 9.90 Å². The molecule has 0 saturated heterocycles. The quantitative estimate of drug-likeness (QED) is 0.795. The summed E-state index contributed by atoms with van der Waals surface area (Å²) in [6.45, 7) is 0. The van der Waals surface area contributed by atoms with Crippen molar-refractivity contribution in [1.29, 1.82) is 0 Å². The normalized spacial score (nSPS) is 26.4. The van der Waals surface area contributed by atoms with E-state index in [0.717, 1.165) is 38.5 Å². The van der Waals surface area contributed by atoms with Crippen molar-refractivity contribution in [3.05, 3.63) is 0 Å². The van der Waals surface area contributed by atoms with Gasteiger partial charge < -0.3 is 5.11 Å². The number of hydrogen-bond acceptors (Lipinski definition) is 2. The number of hydrogen-bond donors (Lipinski definition) is 2. The second-order valence-corrected chi connectivity index (χ2v) is 5.78. The van der Waals surface area contributed by atoms with E-state index in [1.807, 2.05) is 0 Å². The van der Waals surface area contributed by atoms with Crippen LogP contribution in [0.2, 0.25) is 0 Å². The van der Waals surface area contributed by atoms with Crippen LogP contribution in [0.4, 0.5) is 0 Å². The van der Waals surface area contributed by atoms with E-state index in [1.165, 1.54) is 32.1 Å².